The van der Waals surface area contributed by atoms with E-state index in [1.54, 1.807) is 12.4 Å². The van der Waals surface area contributed by atoms with Gasteiger partial charge >= 0.3 is 0 Å². The smallest absolute Gasteiger partial charge is 0.223 e. The Labute approximate surface area is 138 Å². The molecule has 3 N–H and O–H groups in total. The van der Waals surface area contributed by atoms with Gasteiger partial charge in [0, 0.05) is 18.4 Å². The first-order valence-corrected chi connectivity index (χ1v) is 7.89. The molecule has 1 amide bonds. The van der Waals surface area contributed by atoms with Crippen LogP contribution >= 0.6 is 0 Å². The molecule has 0 radical (unpaired) electrons. The predicted molar refractivity (Wildman–Crippen MR) is 92.8 cm³/mol. The van der Waals surface area contributed by atoms with Crippen LogP contribution in [0.4, 0.5) is 0 Å². The van der Waals surface area contributed by atoms with Crippen molar-refractivity contribution in [2.45, 2.75) is 32.2 Å². The minimum absolute atomic E-state index is 0.0202. The summed E-state index contributed by atoms with van der Waals surface area (Å²) in [6.45, 7) is 3.85. The number of hydrogen-bond acceptors (Lipinski definition) is 3. The van der Waals surface area contributed by atoms with Crippen molar-refractivity contribution in [3.63, 3.8) is 0 Å². The Bertz CT molecular complexity index is 626. The lowest BCUT2D eigenvalue weighted by atomic mass is 9.71. The maximum Gasteiger partial charge on any atom is 0.223 e. The SMILES string of the molecule is CNC(CC(c1ccccc1)C(C)(C)C(N)=O)c1ccncc1. The Morgan fingerprint density at radius 2 is 1.74 bits per heavy atom. The van der Waals surface area contributed by atoms with Crippen LogP contribution in [0.5, 0.6) is 0 Å². The monoisotopic (exact) mass is 311 g/mol. The summed E-state index contributed by atoms with van der Waals surface area (Å²) in [5, 5.41) is 3.35. The molecule has 0 bridgehead atoms. The molecule has 1 aromatic heterocycles. The molecule has 0 aliphatic carbocycles. The van der Waals surface area contributed by atoms with Gasteiger partial charge in [0.2, 0.25) is 5.91 Å². The molecule has 2 rings (SSSR count). The van der Waals surface area contributed by atoms with Crippen molar-refractivity contribution >= 4 is 5.91 Å². The summed E-state index contributed by atoms with van der Waals surface area (Å²) in [6.07, 6.45) is 4.35. The largest absolute Gasteiger partial charge is 0.369 e. The molecule has 2 atom stereocenters. The third kappa shape index (κ3) is 3.96. The Balaban J connectivity index is 2.36. The van der Waals surface area contributed by atoms with Gasteiger partial charge in [-0.15, -0.1) is 0 Å². The molecular weight excluding hydrogens is 286 g/mol. The fraction of sp³-hybridized carbons (Fsp3) is 0.368. The van der Waals surface area contributed by atoms with Gasteiger partial charge in [-0.25, -0.2) is 0 Å². The number of nitrogens with zero attached hydrogens (tertiary/aromatic N) is 1. The van der Waals surface area contributed by atoms with Crippen LogP contribution < -0.4 is 11.1 Å². The van der Waals surface area contributed by atoms with Crippen LogP contribution in [0.2, 0.25) is 0 Å². The van der Waals surface area contributed by atoms with E-state index in [0.717, 1.165) is 17.5 Å². The lowest BCUT2D eigenvalue weighted by Crippen LogP contribution is -2.38. The quantitative estimate of drug-likeness (QED) is 0.826. The molecule has 4 nitrogen and oxygen atoms in total. The summed E-state index contributed by atoms with van der Waals surface area (Å²) in [5.41, 5.74) is 7.35. The van der Waals surface area contributed by atoms with Gasteiger partial charge < -0.3 is 11.1 Å². The number of primary amides is 1. The van der Waals surface area contributed by atoms with E-state index in [9.17, 15) is 4.79 Å². The van der Waals surface area contributed by atoms with Gasteiger partial charge in [0.05, 0.1) is 5.41 Å². The van der Waals surface area contributed by atoms with E-state index in [4.69, 9.17) is 5.73 Å². The summed E-state index contributed by atoms with van der Waals surface area (Å²) in [6, 6.07) is 14.2. The van der Waals surface area contributed by atoms with E-state index in [0.29, 0.717) is 0 Å². The summed E-state index contributed by atoms with van der Waals surface area (Å²) >= 11 is 0. The van der Waals surface area contributed by atoms with E-state index in [-0.39, 0.29) is 17.9 Å². The highest BCUT2D eigenvalue weighted by Crippen LogP contribution is 2.41. The molecule has 0 aliphatic heterocycles. The van der Waals surface area contributed by atoms with Gasteiger partial charge in [-0.3, -0.25) is 9.78 Å². The van der Waals surface area contributed by atoms with Gasteiger partial charge in [-0.1, -0.05) is 44.2 Å². The number of aromatic nitrogens is 1. The fourth-order valence-corrected chi connectivity index (χ4v) is 2.96. The Hall–Kier alpha value is -2.20. The summed E-state index contributed by atoms with van der Waals surface area (Å²) < 4.78 is 0. The first-order chi connectivity index (χ1) is 11.0. The second-order valence-corrected chi connectivity index (χ2v) is 6.41. The molecule has 2 aromatic rings. The fourth-order valence-electron chi connectivity index (χ4n) is 2.96. The van der Waals surface area contributed by atoms with Crippen LogP contribution in [-0.4, -0.2) is 17.9 Å². The zero-order valence-corrected chi connectivity index (χ0v) is 14.0. The molecule has 0 saturated carbocycles. The number of benzene rings is 1. The highest BCUT2D eigenvalue weighted by molar-refractivity contribution is 5.81. The van der Waals surface area contributed by atoms with E-state index in [1.807, 2.05) is 51.2 Å². The van der Waals surface area contributed by atoms with Crippen LogP contribution in [0, 0.1) is 5.41 Å². The first kappa shape index (κ1) is 17.2. The Morgan fingerprint density at radius 1 is 1.13 bits per heavy atom. The van der Waals surface area contributed by atoms with Crippen LogP contribution in [0.25, 0.3) is 0 Å². The minimum atomic E-state index is -0.635. The lowest BCUT2D eigenvalue weighted by Gasteiger charge is -2.34. The molecule has 0 fully saturated rings. The summed E-state index contributed by atoms with van der Waals surface area (Å²) in [7, 11) is 1.93. The maximum atomic E-state index is 12.0. The number of amides is 1. The summed E-state index contributed by atoms with van der Waals surface area (Å²) in [5.74, 6) is -0.261. The summed E-state index contributed by atoms with van der Waals surface area (Å²) in [4.78, 5) is 16.1. The van der Waals surface area contributed by atoms with Gasteiger partial charge in [-0.2, -0.15) is 0 Å². The van der Waals surface area contributed by atoms with Crippen molar-refractivity contribution in [2.75, 3.05) is 7.05 Å². The molecule has 0 saturated heterocycles. The number of hydrogen-bond donors (Lipinski definition) is 2. The third-order valence-electron chi connectivity index (χ3n) is 4.64. The Morgan fingerprint density at radius 3 is 2.26 bits per heavy atom. The van der Waals surface area contributed by atoms with Crippen molar-refractivity contribution < 1.29 is 4.79 Å². The zero-order chi connectivity index (χ0) is 16.9. The number of nitrogens with two attached hydrogens (primary N) is 1. The highest BCUT2D eigenvalue weighted by Gasteiger charge is 2.37. The minimum Gasteiger partial charge on any atom is -0.369 e. The molecule has 0 spiro atoms. The van der Waals surface area contributed by atoms with E-state index in [1.165, 1.54) is 0 Å². The van der Waals surface area contributed by atoms with Gasteiger partial charge in [0.15, 0.2) is 0 Å². The highest BCUT2D eigenvalue weighted by atomic mass is 16.1. The van der Waals surface area contributed by atoms with Crippen molar-refractivity contribution in [2.24, 2.45) is 11.1 Å². The third-order valence-corrected chi connectivity index (χ3v) is 4.64. The number of rotatable bonds is 7. The lowest BCUT2D eigenvalue weighted by molar-refractivity contribution is -0.127. The van der Waals surface area contributed by atoms with Crippen LogP contribution in [0.15, 0.2) is 54.9 Å². The molecule has 23 heavy (non-hydrogen) atoms. The van der Waals surface area contributed by atoms with Crippen molar-refractivity contribution in [1.29, 1.82) is 0 Å². The average Bonchev–Trinajstić information content (AvgIpc) is 2.57. The maximum absolute atomic E-state index is 12.0. The van der Waals surface area contributed by atoms with Crippen LogP contribution in [0.1, 0.15) is 43.4 Å². The van der Waals surface area contributed by atoms with Crippen LogP contribution in [0.3, 0.4) is 0 Å². The second kappa shape index (κ2) is 7.38. The molecule has 4 heteroatoms. The van der Waals surface area contributed by atoms with Crippen LogP contribution in [-0.2, 0) is 4.79 Å². The predicted octanol–water partition coefficient (Wildman–Crippen LogP) is 3.03. The number of carbonyl (C=O) groups excluding carboxylic acids is 1. The van der Waals surface area contributed by atoms with Crippen molar-refractivity contribution in [3.8, 4) is 0 Å². The molecular formula is C19H25N3O. The molecule has 2 unspecified atom stereocenters. The standard InChI is InChI=1S/C19H25N3O/c1-19(2,18(20)23)16(14-7-5-4-6-8-14)13-17(21-3)15-9-11-22-12-10-15/h4-12,16-17,21H,13H2,1-3H3,(H2,20,23). The van der Waals surface area contributed by atoms with E-state index in [2.05, 4.69) is 22.4 Å². The number of nitrogens with one attached hydrogen (secondary N) is 1. The Kier molecular flexibility index (Phi) is 5.50. The molecule has 1 heterocycles. The van der Waals surface area contributed by atoms with Gasteiger partial charge in [0.25, 0.3) is 0 Å². The molecule has 122 valence electrons. The normalized spacial score (nSPS) is 14.2. The topological polar surface area (TPSA) is 68.0 Å². The number of pyridine rings is 1. The van der Waals surface area contributed by atoms with Crippen molar-refractivity contribution in [1.82, 2.24) is 10.3 Å². The van der Waals surface area contributed by atoms with E-state index >= 15 is 0 Å². The van der Waals surface area contributed by atoms with Gasteiger partial charge in [-0.05, 0) is 42.6 Å². The molecule has 0 aliphatic rings. The first-order valence-electron chi connectivity index (χ1n) is 7.89. The number of carbonyl (C=O) groups is 1. The van der Waals surface area contributed by atoms with E-state index < -0.39 is 5.41 Å². The second-order valence-electron chi connectivity index (χ2n) is 6.41. The molecule has 1 aromatic carbocycles. The zero-order valence-electron chi connectivity index (χ0n) is 14.0. The van der Waals surface area contributed by atoms with Crippen molar-refractivity contribution in [3.05, 3.63) is 66.0 Å². The average molecular weight is 311 g/mol. The van der Waals surface area contributed by atoms with Gasteiger partial charge in [0.1, 0.15) is 0 Å².